The number of nitrogens with one attached hydrogen (secondary N) is 1. The third-order valence-electron chi connectivity index (χ3n) is 4.24. The van der Waals surface area contributed by atoms with Gasteiger partial charge in [-0.3, -0.25) is 9.36 Å². The standard InChI is InChI=1S/C16H20N2OS/c1-16(2,3)10-7-8-13-12(9-10)14(19)18(15(20)17-13)11-5-4-6-11/h7-9,11H,4-6H2,1-3H3,(H,17,20). The molecule has 4 heteroatoms. The van der Waals surface area contributed by atoms with Crippen molar-refractivity contribution in [2.24, 2.45) is 0 Å². The SMILES string of the molecule is CC(C)(C)c1ccc2[nH]c(=S)n(C3CCC3)c(=O)c2c1. The molecule has 0 spiro atoms. The normalized spacial score (nSPS) is 16.4. The van der Waals surface area contributed by atoms with Crippen molar-refractivity contribution in [2.75, 3.05) is 0 Å². The van der Waals surface area contributed by atoms with Gasteiger partial charge >= 0.3 is 0 Å². The zero-order valence-corrected chi connectivity index (χ0v) is 13.0. The van der Waals surface area contributed by atoms with Crippen LogP contribution in [0.2, 0.25) is 0 Å². The predicted octanol–water partition coefficient (Wildman–Crippen LogP) is 4.08. The van der Waals surface area contributed by atoms with Crippen molar-refractivity contribution in [3.8, 4) is 0 Å². The van der Waals surface area contributed by atoms with Crippen LogP contribution in [0.15, 0.2) is 23.0 Å². The molecule has 1 aliphatic rings. The maximum absolute atomic E-state index is 12.7. The Bertz CT molecular complexity index is 776. The molecule has 0 unspecified atom stereocenters. The maximum atomic E-state index is 12.7. The second kappa shape index (κ2) is 4.55. The molecule has 3 nitrogen and oxygen atoms in total. The van der Waals surface area contributed by atoms with Gasteiger partial charge in [0.2, 0.25) is 0 Å². The number of fused-ring (bicyclic) bond motifs is 1. The Balaban J connectivity index is 2.28. The lowest BCUT2D eigenvalue weighted by Crippen LogP contribution is -2.30. The van der Waals surface area contributed by atoms with E-state index in [-0.39, 0.29) is 17.0 Å². The molecule has 0 aliphatic heterocycles. The lowest BCUT2D eigenvalue weighted by atomic mass is 9.86. The molecular weight excluding hydrogens is 268 g/mol. The summed E-state index contributed by atoms with van der Waals surface area (Å²) in [7, 11) is 0. The first kappa shape index (κ1) is 13.6. The van der Waals surface area contributed by atoms with Gasteiger partial charge in [0.25, 0.3) is 5.56 Å². The Kier molecular flexibility index (Phi) is 3.09. The lowest BCUT2D eigenvalue weighted by molar-refractivity contribution is 0.302. The van der Waals surface area contributed by atoms with Gasteiger partial charge in [0, 0.05) is 6.04 Å². The van der Waals surface area contributed by atoms with Crippen LogP contribution in [0.1, 0.15) is 51.6 Å². The Morgan fingerprint density at radius 2 is 2.00 bits per heavy atom. The molecule has 0 saturated heterocycles. The van der Waals surface area contributed by atoms with Crippen molar-refractivity contribution in [1.29, 1.82) is 0 Å². The van der Waals surface area contributed by atoms with Crippen molar-refractivity contribution in [3.63, 3.8) is 0 Å². The van der Waals surface area contributed by atoms with E-state index in [2.05, 4.69) is 31.8 Å². The first-order valence-electron chi connectivity index (χ1n) is 7.17. The molecule has 20 heavy (non-hydrogen) atoms. The lowest BCUT2D eigenvalue weighted by Gasteiger charge is -2.28. The van der Waals surface area contributed by atoms with Gasteiger partial charge in [0.05, 0.1) is 10.9 Å². The monoisotopic (exact) mass is 288 g/mol. The molecule has 0 atom stereocenters. The third-order valence-corrected chi connectivity index (χ3v) is 4.53. The summed E-state index contributed by atoms with van der Waals surface area (Å²) in [6, 6.07) is 6.34. The molecule has 1 saturated carbocycles. The third kappa shape index (κ3) is 2.12. The van der Waals surface area contributed by atoms with Gasteiger partial charge in [0.1, 0.15) is 0 Å². The van der Waals surface area contributed by atoms with Gasteiger partial charge in [-0.1, -0.05) is 26.8 Å². The molecule has 3 rings (SSSR count). The zero-order valence-electron chi connectivity index (χ0n) is 12.2. The summed E-state index contributed by atoms with van der Waals surface area (Å²) < 4.78 is 2.32. The van der Waals surface area contributed by atoms with Crippen LogP contribution >= 0.6 is 12.2 Å². The highest BCUT2D eigenvalue weighted by Gasteiger charge is 2.23. The second-order valence-electron chi connectivity index (χ2n) is 6.70. The summed E-state index contributed by atoms with van der Waals surface area (Å²) in [5.74, 6) is 0. The van der Waals surface area contributed by atoms with E-state index in [1.54, 1.807) is 4.57 Å². The Morgan fingerprint density at radius 3 is 2.55 bits per heavy atom. The molecule has 1 N–H and O–H groups in total. The number of aromatic amines is 1. The number of benzene rings is 1. The minimum absolute atomic E-state index is 0.0363. The van der Waals surface area contributed by atoms with E-state index >= 15 is 0 Å². The summed E-state index contributed by atoms with van der Waals surface area (Å²) in [5, 5.41) is 0.748. The first-order valence-corrected chi connectivity index (χ1v) is 7.58. The molecule has 1 aromatic heterocycles. The fourth-order valence-electron chi connectivity index (χ4n) is 2.67. The summed E-state index contributed by atoms with van der Waals surface area (Å²) in [4.78, 5) is 15.9. The van der Waals surface area contributed by atoms with E-state index in [0.29, 0.717) is 4.77 Å². The van der Waals surface area contributed by atoms with Crippen LogP contribution in [0, 0.1) is 4.77 Å². The van der Waals surface area contributed by atoms with Crippen molar-refractivity contribution >= 4 is 23.1 Å². The van der Waals surface area contributed by atoms with Gasteiger partial charge in [-0.05, 0) is 54.6 Å². The minimum atomic E-state index is 0.0363. The highest BCUT2D eigenvalue weighted by atomic mass is 32.1. The molecule has 1 fully saturated rings. The number of aromatic nitrogens is 2. The predicted molar refractivity (Wildman–Crippen MR) is 85.0 cm³/mol. The van der Waals surface area contributed by atoms with E-state index in [9.17, 15) is 4.79 Å². The van der Waals surface area contributed by atoms with Crippen LogP contribution in [0.5, 0.6) is 0 Å². The number of nitrogens with zero attached hydrogens (tertiary/aromatic N) is 1. The smallest absolute Gasteiger partial charge is 0.262 e. The van der Waals surface area contributed by atoms with Gasteiger partial charge < -0.3 is 4.98 Å². The molecule has 0 radical (unpaired) electrons. The molecule has 0 amide bonds. The van der Waals surface area contributed by atoms with Crippen LogP contribution in [-0.2, 0) is 5.41 Å². The van der Waals surface area contributed by atoms with E-state index in [1.165, 1.54) is 12.0 Å². The van der Waals surface area contributed by atoms with Crippen molar-refractivity contribution in [3.05, 3.63) is 38.9 Å². The van der Waals surface area contributed by atoms with Crippen LogP contribution in [0.25, 0.3) is 10.9 Å². The molecule has 2 aromatic rings. The van der Waals surface area contributed by atoms with Gasteiger partial charge in [0.15, 0.2) is 4.77 Å². The Morgan fingerprint density at radius 1 is 1.30 bits per heavy atom. The molecule has 1 aliphatic carbocycles. The fourth-order valence-corrected chi connectivity index (χ4v) is 3.01. The van der Waals surface area contributed by atoms with E-state index in [0.717, 1.165) is 23.7 Å². The quantitative estimate of drug-likeness (QED) is 0.803. The van der Waals surface area contributed by atoms with Crippen LogP contribution in [-0.4, -0.2) is 9.55 Å². The molecular formula is C16H20N2OS. The highest BCUT2D eigenvalue weighted by Crippen LogP contribution is 2.31. The number of hydrogen-bond donors (Lipinski definition) is 1. The average molecular weight is 288 g/mol. The number of H-pyrrole nitrogens is 1. The molecule has 106 valence electrons. The van der Waals surface area contributed by atoms with E-state index in [1.807, 2.05) is 12.1 Å². The number of hydrogen-bond acceptors (Lipinski definition) is 2. The summed E-state index contributed by atoms with van der Waals surface area (Å²) in [6.07, 6.45) is 3.30. The van der Waals surface area contributed by atoms with E-state index < -0.39 is 0 Å². The summed E-state index contributed by atoms with van der Waals surface area (Å²) >= 11 is 5.36. The van der Waals surface area contributed by atoms with Gasteiger partial charge in [-0.25, -0.2) is 0 Å². The molecule has 1 aromatic carbocycles. The summed E-state index contributed by atoms with van der Waals surface area (Å²) in [6.45, 7) is 6.47. The first-order chi connectivity index (χ1) is 9.38. The van der Waals surface area contributed by atoms with Crippen molar-refractivity contribution < 1.29 is 0 Å². The minimum Gasteiger partial charge on any atom is -0.332 e. The van der Waals surface area contributed by atoms with Crippen LogP contribution in [0.4, 0.5) is 0 Å². The van der Waals surface area contributed by atoms with Crippen LogP contribution in [0.3, 0.4) is 0 Å². The zero-order chi connectivity index (χ0) is 14.5. The number of rotatable bonds is 1. The average Bonchev–Trinajstić information content (AvgIpc) is 2.30. The van der Waals surface area contributed by atoms with Crippen LogP contribution < -0.4 is 5.56 Å². The van der Waals surface area contributed by atoms with Gasteiger partial charge in [-0.2, -0.15) is 0 Å². The molecule has 0 bridgehead atoms. The highest BCUT2D eigenvalue weighted by molar-refractivity contribution is 7.71. The van der Waals surface area contributed by atoms with Crippen molar-refractivity contribution in [1.82, 2.24) is 9.55 Å². The Labute approximate surface area is 123 Å². The molecule has 1 heterocycles. The Hall–Kier alpha value is -1.42. The largest absolute Gasteiger partial charge is 0.332 e. The van der Waals surface area contributed by atoms with E-state index in [4.69, 9.17) is 12.2 Å². The van der Waals surface area contributed by atoms with Gasteiger partial charge in [-0.15, -0.1) is 0 Å². The fraction of sp³-hybridized carbons (Fsp3) is 0.500. The maximum Gasteiger partial charge on any atom is 0.262 e. The summed E-state index contributed by atoms with van der Waals surface area (Å²) in [5.41, 5.74) is 2.10. The topological polar surface area (TPSA) is 37.8 Å². The van der Waals surface area contributed by atoms with Crippen molar-refractivity contribution in [2.45, 2.75) is 51.5 Å². The second-order valence-corrected chi connectivity index (χ2v) is 7.09.